The molecule has 4 heteroatoms. The second-order valence-corrected chi connectivity index (χ2v) is 5.55. The molecule has 0 amide bonds. The first-order chi connectivity index (χ1) is 10.0. The highest BCUT2D eigenvalue weighted by Gasteiger charge is 2.10. The average molecular weight is 287 g/mol. The molecule has 0 saturated heterocycles. The van der Waals surface area contributed by atoms with Crippen LogP contribution in [-0.2, 0) is 0 Å². The van der Waals surface area contributed by atoms with Gasteiger partial charge in [-0.25, -0.2) is 14.4 Å². The predicted molar refractivity (Wildman–Crippen MR) is 85.0 cm³/mol. The molecular weight excluding hydrogens is 265 g/mol. The third-order valence-electron chi connectivity index (χ3n) is 3.31. The van der Waals surface area contributed by atoms with Crippen LogP contribution in [0.25, 0.3) is 11.4 Å². The highest BCUT2D eigenvalue weighted by molar-refractivity contribution is 5.59. The number of aryl methyl sites for hydroxylation is 1. The van der Waals surface area contributed by atoms with Crippen LogP contribution in [0.15, 0.2) is 24.3 Å². The maximum Gasteiger partial charge on any atom is 0.161 e. The Balaban J connectivity index is 2.45. The molecule has 112 valence electrons. The van der Waals surface area contributed by atoms with Crippen molar-refractivity contribution in [3.05, 3.63) is 41.3 Å². The standard InChI is InChI=1S/C17H22FN3/c1-5-8-19-16-10-15(11(2)3)20-17(21-16)13-6-7-14(18)12(4)9-13/h6-7,9-11H,5,8H2,1-4H3,(H,19,20,21). The summed E-state index contributed by atoms with van der Waals surface area (Å²) in [7, 11) is 0. The average Bonchev–Trinajstić information content (AvgIpc) is 2.47. The molecule has 21 heavy (non-hydrogen) atoms. The van der Waals surface area contributed by atoms with Crippen LogP contribution in [0.3, 0.4) is 0 Å². The van der Waals surface area contributed by atoms with Gasteiger partial charge >= 0.3 is 0 Å². The Morgan fingerprint density at radius 3 is 2.57 bits per heavy atom. The lowest BCUT2D eigenvalue weighted by Gasteiger charge is -2.12. The molecule has 1 aromatic carbocycles. The third kappa shape index (κ3) is 3.78. The number of nitrogens with one attached hydrogen (secondary N) is 1. The van der Waals surface area contributed by atoms with E-state index in [1.54, 1.807) is 19.1 Å². The summed E-state index contributed by atoms with van der Waals surface area (Å²) in [4.78, 5) is 9.16. The molecule has 0 unspecified atom stereocenters. The Morgan fingerprint density at radius 2 is 1.95 bits per heavy atom. The van der Waals surface area contributed by atoms with Gasteiger partial charge in [0.15, 0.2) is 5.82 Å². The van der Waals surface area contributed by atoms with Gasteiger partial charge < -0.3 is 5.32 Å². The highest BCUT2D eigenvalue weighted by atomic mass is 19.1. The van der Waals surface area contributed by atoms with Crippen LogP contribution in [0, 0.1) is 12.7 Å². The largest absolute Gasteiger partial charge is 0.370 e. The Labute approximate surface area is 125 Å². The molecule has 1 aromatic heterocycles. The van der Waals surface area contributed by atoms with Crippen LogP contribution < -0.4 is 5.32 Å². The lowest BCUT2D eigenvalue weighted by molar-refractivity contribution is 0.618. The molecule has 0 aliphatic carbocycles. The number of anilines is 1. The molecule has 3 nitrogen and oxygen atoms in total. The highest BCUT2D eigenvalue weighted by Crippen LogP contribution is 2.23. The third-order valence-corrected chi connectivity index (χ3v) is 3.31. The van der Waals surface area contributed by atoms with Crippen LogP contribution in [0.5, 0.6) is 0 Å². The fourth-order valence-electron chi connectivity index (χ4n) is 2.02. The van der Waals surface area contributed by atoms with E-state index < -0.39 is 0 Å². The molecule has 0 spiro atoms. The van der Waals surface area contributed by atoms with Gasteiger partial charge in [0.25, 0.3) is 0 Å². The minimum Gasteiger partial charge on any atom is -0.370 e. The van der Waals surface area contributed by atoms with E-state index in [0.29, 0.717) is 17.3 Å². The van der Waals surface area contributed by atoms with E-state index in [9.17, 15) is 4.39 Å². The minimum absolute atomic E-state index is 0.205. The normalized spacial score (nSPS) is 11.0. The van der Waals surface area contributed by atoms with Crippen molar-refractivity contribution in [1.29, 1.82) is 0 Å². The summed E-state index contributed by atoms with van der Waals surface area (Å²) in [5, 5.41) is 3.30. The zero-order chi connectivity index (χ0) is 15.4. The maximum atomic E-state index is 13.4. The summed E-state index contributed by atoms with van der Waals surface area (Å²) in [5.74, 6) is 1.58. The molecule has 0 bridgehead atoms. The van der Waals surface area contributed by atoms with Crippen molar-refractivity contribution in [2.75, 3.05) is 11.9 Å². The molecule has 2 rings (SSSR count). The summed E-state index contributed by atoms with van der Waals surface area (Å²) in [5.41, 5.74) is 2.44. The molecule has 0 aliphatic heterocycles. The second-order valence-electron chi connectivity index (χ2n) is 5.55. The summed E-state index contributed by atoms with van der Waals surface area (Å²) in [6.07, 6.45) is 1.03. The lowest BCUT2D eigenvalue weighted by atomic mass is 10.1. The van der Waals surface area contributed by atoms with Crippen molar-refractivity contribution in [2.45, 2.75) is 40.0 Å². The van der Waals surface area contributed by atoms with E-state index in [-0.39, 0.29) is 5.82 Å². The lowest BCUT2D eigenvalue weighted by Crippen LogP contribution is -2.06. The van der Waals surface area contributed by atoms with Gasteiger partial charge in [-0.2, -0.15) is 0 Å². The van der Waals surface area contributed by atoms with Gasteiger partial charge in [0.2, 0.25) is 0 Å². The first kappa shape index (κ1) is 15.4. The van der Waals surface area contributed by atoms with Crippen molar-refractivity contribution in [1.82, 2.24) is 9.97 Å². The Bertz CT molecular complexity index is 623. The molecule has 0 saturated carbocycles. The fourth-order valence-corrected chi connectivity index (χ4v) is 2.02. The molecule has 0 atom stereocenters. The van der Waals surface area contributed by atoms with Crippen LogP contribution >= 0.6 is 0 Å². The minimum atomic E-state index is -0.205. The Hall–Kier alpha value is -1.97. The van der Waals surface area contributed by atoms with Gasteiger partial charge in [0.05, 0.1) is 0 Å². The van der Waals surface area contributed by atoms with Crippen LogP contribution in [0.2, 0.25) is 0 Å². The van der Waals surface area contributed by atoms with E-state index in [2.05, 4.69) is 36.1 Å². The maximum absolute atomic E-state index is 13.4. The first-order valence-electron chi connectivity index (χ1n) is 7.40. The fraction of sp³-hybridized carbons (Fsp3) is 0.412. The molecular formula is C17H22FN3. The van der Waals surface area contributed by atoms with Crippen molar-refractivity contribution >= 4 is 5.82 Å². The number of benzene rings is 1. The Morgan fingerprint density at radius 1 is 1.19 bits per heavy atom. The molecule has 0 aliphatic rings. The molecule has 0 radical (unpaired) electrons. The van der Waals surface area contributed by atoms with Gasteiger partial charge in [-0.05, 0) is 43.0 Å². The molecule has 2 aromatic rings. The smallest absolute Gasteiger partial charge is 0.161 e. The zero-order valence-corrected chi connectivity index (χ0v) is 13.1. The van der Waals surface area contributed by atoms with Crippen molar-refractivity contribution in [2.24, 2.45) is 0 Å². The zero-order valence-electron chi connectivity index (χ0n) is 13.1. The number of rotatable bonds is 5. The summed E-state index contributed by atoms with van der Waals surface area (Å²) >= 11 is 0. The first-order valence-corrected chi connectivity index (χ1v) is 7.40. The van der Waals surface area contributed by atoms with Gasteiger partial charge in [-0.15, -0.1) is 0 Å². The quantitative estimate of drug-likeness (QED) is 0.877. The van der Waals surface area contributed by atoms with Crippen LogP contribution in [0.4, 0.5) is 10.2 Å². The second kappa shape index (κ2) is 6.66. The van der Waals surface area contributed by atoms with E-state index >= 15 is 0 Å². The SMILES string of the molecule is CCCNc1cc(C(C)C)nc(-c2ccc(F)c(C)c2)n1. The van der Waals surface area contributed by atoms with Gasteiger partial charge in [0, 0.05) is 23.9 Å². The van der Waals surface area contributed by atoms with Crippen LogP contribution in [0.1, 0.15) is 44.4 Å². The molecule has 0 fully saturated rings. The summed E-state index contributed by atoms with van der Waals surface area (Å²) in [6, 6.07) is 6.97. The number of nitrogens with zero attached hydrogens (tertiary/aromatic N) is 2. The van der Waals surface area contributed by atoms with E-state index in [1.165, 1.54) is 6.07 Å². The van der Waals surface area contributed by atoms with E-state index in [0.717, 1.165) is 30.0 Å². The summed E-state index contributed by atoms with van der Waals surface area (Å²) in [6.45, 7) is 8.94. The predicted octanol–water partition coefficient (Wildman–Crippen LogP) is 4.54. The topological polar surface area (TPSA) is 37.8 Å². The Kier molecular flexibility index (Phi) is 4.89. The molecule has 1 heterocycles. The number of hydrogen-bond donors (Lipinski definition) is 1. The molecule has 1 N–H and O–H groups in total. The number of halogens is 1. The van der Waals surface area contributed by atoms with Crippen molar-refractivity contribution in [3.63, 3.8) is 0 Å². The monoisotopic (exact) mass is 287 g/mol. The van der Waals surface area contributed by atoms with E-state index in [4.69, 9.17) is 0 Å². The van der Waals surface area contributed by atoms with Crippen molar-refractivity contribution in [3.8, 4) is 11.4 Å². The van der Waals surface area contributed by atoms with Crippen molar-refractivity contribution < 1.29 is 4.39 Å². The van der Waals surface area contributed by atoms with Gasteiger partial charge in [-0.1, -0.05) is 20.8 Å². The van der Waals surface area contributed by atoms with Gasteiger partial charge in [0.1, 0.15) is 11.6 Å². The number of aromatic nitrogens is 2. The van der Waals surface area contributed by atoms with Gasteiger partial charge in [-0.3, -0.25) is 0 Å². The van der Waals surface area contributed by atoms with E-state index in [1.807, 2.05) is 6.07 Å². The number of hydrogen-bond acceptors (Lipinski definition) is 3. The van der Waals surface area contributed by atoms with Crippen LogP contribution in [-0.4, -0.2) is 16.5 Å². The summed E-state index contributed by atoms with van der Waals surface area (Å²) < 4.78 is 13.4.